The molecule has 1 aromatic carbocycles. The zero-order chi connectivity index (χ0) is 12.0. The number of halogens is 1. The Labute approximate surface area is 110 Å². The fourth-order valence-electron chi connectivity index (χ4n) is 1.47. The molecule has 90 valence electrons. The molecule has 2 atom stereocenters. The molecule has 0 aliphatic heterocycles. The van der Waals surface area contributed by atoms with Crippen molar-refractivity contribution in [2.24, 2.45) is 5.73 Å². The van der Waals surface area contributed by atoms with E-state index in [9.17, 15) is 5.11 Å². The molecule has 0 fully saturated rings. The van der Waals surface area contributed by atoms with Crippen molar-refractivity contribution in [2.75, 3.05) is 6.61 Å². The van der Waals surface area contributed by atoms with Gasteiger partial charge >= 0.3 is 0 Å². The molecule has 2 nitrogen and oxygen atoms in total. The van der Waals surface area contributed by atoms with Crippen LogP contribution in [0.3, 0.4) is 0 Å². The SMILES string of the molecule is CCCC(N)C(CO)Sc1ccc(Br)cc1. The predicted octanol–water partition coefficient (Wildman–Crippen LogP) is 3.03. The lowest BCUT2D eigenvalue weighted by atomic mass is 10.1. The number of nitrogens with two attached hydrogens (primary N) is 1. The molecule has 0 heterocycles. The van der Waals surface area contributed by atoms with Crippen molar-refractivity contribution in [1.82, 2.24) is 0 Å². The van der Waals surface area contributed by atoms with Gasteiger partial charge in [-0.1, -0.05) is 29.3 Å². The summed E-state index contributed by atoms with van der Waals surface area (Å²) in [5, 5.41) is 9.41. The number of rotatable bonds is 6. The molecule has 0 spiro atoms. The summed E-state index contributed by atoms with van der Waals surface area (Å²) in [4.78, 5) is 1.15. The Balaban J connectivity index is 2.59. The zero-order valence-corrected chi connectivity index (χ0v) is 11.8. The second-order valence-corrected chi connectivity index (χ2v) is 5.97. The van der Waals surface area contributed by atoms with Crippen molar-refractivity contribution in [3.05, 3.63) is 28.7 Å². The Morgan fingerprint density at radius 2 is 2.00 bits per heavy atom. The predicted molar refractivity (Wildman–Crippen MR) is 73.8 cm³/mol. The van der Waals surface area contributed by atoms with Crippen LogP contribution < -0.4 is 5.73 Å². The van der Waals surface area contributed by atoms with Gasteiger partial charge in [0.15, 0.2) is 0 Å². The number of thioether (sulfide) groups is 1. The quantitative estimate of drug-likeness (QED) is 0.794. The Kier molecular flexibility index (Phi) is 6.43. The molecule has 0 aromatic heterocycles. The fraction of sp³-hybridized carbons (Fsp3) is 0.500. The molecule has 1 rings (SSSR count). The average molecular weight is 304 g/mol. The molecule has 0 radical (unpaired) electrons. The maximum absolute atomic E-state index is 9.33. The maximum Gasteiger partial charge on any atom is 0.0568 e. The largest absolute Gasteiger partial charge is 0.395 e. The molecule has 1 aromatic rings. The first-order valence-corrected chi connectivity index (χ1v) is 7.13. The third-order valence-electron chi connectivity index (χ3n) is 2.38. The van der Waals surface area contributed by atoms with E-state index in [2.05, 4.69) is 22.9 Å². The smallest absolute Gasteiger partial charge is 0.0568 e. The van der Waals surface area contributed by atoms with Crippen LogP contribution in [0.2, 0.25) is 0 Å². The van der Waals surface area contributed by atoms with Crippen molar-refractivity contribution < 1.29 is 5.11 Å². The van der Waals surface area contributed by atoms with Gasteiger partial charge in [-0.05, 0) is 30.7 Å². The average Bonchev–Trinajstić information content (AvgIpc) is 2.28. The van der Waals surface area contributed by atoms with Gasteiger partial charge in [0.2, 0.25) is 0 Å². The van der Waals surface area contributed by atoms with Crippen molar-refractivity contribution in [1.29, 1.82) is 0 Å². The van der Waals surface area contributed by atoms with Crippen LogP contribution in [0.4, 0.5) is 0 Å². The van der Waals surface area contributed by atoms with Crippen LogP contribution in [0.25, 0.3) is 0 Å². The first kappa shape index (κ1) is 14.0. The Hall–Kier alpha value is -0.0300. The van der Waals surface area contributed by atoms with E-state index in [-0.39, 0.29) is 17.9 Å². The summed E-state index contributed by atoms with van der Waals surface area (Å²) >= 11 is 5.05. The molecular formula is C12H18BrNOS. The highest BCUT2D eigenvalue weighted by Gasteiger charge is 2.17. The van der Waals surface area contributed by atoms with Gasteiger partial charge in [-0.15, -0.1) is 11.8 Å². The van der Waals surface area contributed by atoms with Gasteiger partial charge in [-0.25, -0.2) is 0 Å². The summed E-state index contributed by atoms with van der Waals surface area (Å²) in [7, 11) is 0. The van der Waals surface area contributed by atoms with Gasteiger partial charge in [0.25, 0.3) is 0 Å². The second kappa shape index (κ2) is 7.33. The van der Waals surface area contributed by atoms with Gasteiger partial charge in [-0.2, -0.15) is 0 Å². The first-order valence-electron chi connectivity index (χ1n) is 5.46. The van der Waals surface area contributed by atoms with Gasteiger partial charge in [0, 0.05) is 20.7 Å². The lowest BCUT2D eigenvalue weighted by Gasteiger charge is -2.20. The number of benzene rings is 1. The van der Waals surface area contributed by atoms with Crippen LogP contribution in [0.5, 0.6) is 0 Å². The number of hydrogen-bond donors (Lipinski definition) is 2. The lowest BCUT2D eigenvalue weighted by molar-refractivity contribution is 0.279. The van der Waals surface area contributed by atoms with E-state index in [1.54, 1.807) is 11.8 Å². The first-order chi connectivity index (χ1) is 7.67. The number of aliphatic hydroxyl groups excluding tert-OH is 1. The van der Waals surface area contributed by atoms with Crippen LogP contribution in [0.15, 0.2) is 33.6 Å². The summed E-state index contributed by atoms with van der Waals surface area (Å²) in [6, 6.07) is 8.14. The van der Waals surface area contributed by atoms with Gasteiger partial charge in [0.1, 0.15) is 0 Å². The van der Waals surface area contributed by atoms with Crippen molar-refractivity contribution in [2.45, 2.75) is 36.0 Å². The van der Waals surface area contributed by atoms with E-state index in [4.69, 9.17) is 5.73 Å². The topological polar surface area (TPSA) is 46.2 Å². The fourth-order valence-corrected chi connectivity index (χ4v) is 2.76. The summed E-state index contributed by atoms with van der Waals surface area (Å²) in [6.45, 7) is 2.24. The standard InChI is InChI=1S/C12H18BrNOS/c1-2-3-11(14)12(8-15)16-10-6-4-9(13)5-7-10/h4-7,11-12,15H,2-3,8,14H2,1H3. The molecule has 2 unspecified atom stereocenters. The highest BCUT2D eigenvalue weighted by molar-refractivity contribution is 9.10. The highest BCUT2D eigenvalue weighted by Crippen LogP contribution is 2.27. The Bertz CT molecular complexity index is 304. The Morgan fingerprint density at radius 1 is 1.38 bits per heavy atom. The van der Waals surface area contributed by atoms with E-state index < -0.39 is 0 Å². The van der Waals surface area contributed by atoms with Crippen LogP contribution >= 0.6 is 27.7 Å². The molecule has 0 amide bonds. The molecule has 0 bridgehead atoms. The summed E-state index contributed by atoms with van der Waals surface area (Å²) in [5.74, 6) is 0. The van der Waals surface area contributed by atoms with Gasteiger partial charge in [0.05, 0.1) is 6.61 Å². The molecule has 0 aliphatic rings. The van der Waals surface area contributed by atoms with Crippen LogP contribution in [-0.2, 0) is 0 Å². The van der Waals surface area contributed by atoms with Gasteiger partial charge < -0.3 is 10.8 Å². The van der Waals surface area contributed by atoms with Crippen molar-refractivity contribution >= 4 is 27.7 Å². The monoisotopic (exact) mass is 303 g/mol. The minimum absolute atomic E-state index is 0.0589. The van der Waals surface area contributed by atoms with E-state index >= 15 is 0 Å². The molecular weight excluding hydrogens is 286 g/mol. The molecule has 0 aliphatic carbocycles. The summed E-state index contributed by atoms with van der Waals surface area (Å²) < 4.78 is 1.07. The van der Waals surface area contributed by atoms with Crippen LogP contribution in [-0.4, -0.2) is 23.0 Å². The summed E-state index contributed by atoms with van der Waals surface area (Å²) in [6.07, 6.45) is 2.01. The summed E-state index contributed by atoms with van der Waals surface area (Å²) in [5.41, 5.74) is 6.03. The zero-order valence-electron chi connectivity index (χ0n) is 9.40. The Morgan fingerprint density at radius 3 is 2.50 bits per heavy atom. The highest BCUT2D eigenvalue weighted by atomic mass is 79.9. The number of hydrogen-bond acceptors (Lipinski definition) is 3. The number of aliphatic hydroxyl groups is 1. The van der Waals surface area contributed by atoms with E-state index in [1.807, 2.05) is 24.3 Å². The third-order valence-corrected chi connectivity index (χ3v) is 4.25. The maximum atomic E-state index is 9.33. The lowest BCUT2D eigenvalue weighted by Crippen LogP contribution is -2.34. The van der Waals surface area contributed by atoms with E-state index in [1.165, 1.54) is 0 Å². The molecule has 0 saturated heterocycles. The third kappa shape index (κ3) is 4.45. The van der Waals surface area contributed by atoms with Crippen LogP contribution in [0.1, 0.15) is 19.8 Å². The van der Waals surface area contributed by atoms with Crippen molar-refractivity contribution in [3.63, 3.8) is 0 Å². The van der Waals surface area contributed by atoms with Crippen molar-refractivity contribution in [3.8, 4) is 0 Å². The second-order valence-electron chi connectivity index (χ2n) is 3.75. The molecule has 4 heteroatoms. The molecule has 16 heavy (non-hydrogen) atoms. The minimum Gasteiger partial charge on any atom is -0.395 e. The van der Waals surface area contributed by atoms with Gasteiger partial charge in [-0.3, -0.25) is 0 Å². The van der Waals surface area contributed by atoms with E-state index in [0.717, 1.165) is 22.2 Å². The van der Waals surface area contributed by atoms with Crippen LogP contribution in [0, 0.1) is 0 Å². The van der Waals surface area contributed by atoms with E-state index in [0.29, 0.717) is 0 Å². The molecule has 3 N–H and O–H groups in total. The minimum atomic E-state index is 0.0589. The normalized spacial score (nSPS) is 14.8. The molecule has 0 saturated carbocycles.